The number of imide groups is 1. The molecule has 1 fully saturated rings. The minimum Gasteiger partial charge on any atom is -0.491 e. The first-order valence-corrected chi connectivity index (χ1v) is 13.7. The van der Waals surface area contributed by atoms with Crippen molar-refractivity contribution in [3.05, 3.63) is 86.7 Å². The zero-order chi connectivity index (χ0) is 26.6. The molecule has 194 valence electrons. The molecule has 2 amide bonds. The molecule has 4 unspecified atom stereocenters. The van der Waals surface area contributed by atoms with Crippen molar-refractivity contribution in [2.45, 2.75) is 32.2 Å². The van der Waals surface area contributed by atoms with Gasteiger partial charge in [0, 0.05) is 27.5 Å². The number of ketones is 2. The third-order valence-corrected chi connectivity index (χ3v) is 8.98. The number of carbonyl (C=O) groups is 4. The van der Waals surface area contributed by atoms with Crippen LogP contribution in [0.15, 0.2) is 76.2 Å². The third kappa shape index (κ3) is 3.90. The number of hydrogen-bond acceptors (Lipinski definition) is 7. The summed E-state index contributed by atoms with van der Waals surface area (Å²) >= 11 is 1.51. The number of carbonyl (C=O) groups excluding carboxylic acids is 4. The summed E-state index contributed by atoms with van der Waals surface area (Å²) in [5.74, 6) is -1.95. The number of aliphatic hydroxyl groups is 1. The van der Waals surface area contributed by atoms with E-state index >= 15 is 0 Å². The van der Waals surface area contributed by atoms with Crippen molar-refractivity contribution in [1.82, 2.24) is 4.90 Å². The van der Waals surface area contributed by atoms with E-state index in [2.05, 4.69) is 0 Å². The van der Waals surface area contributed by atoms with Crippen molar-refractivity contribution in [3.8, 4) is 5.75 Å². The van der Waals surface area contributed by atoms with Crippen LogP contribution in [0.4, 0.5) is 0 Å². The first kappa shape index (κ1) is 24.7. The Bertz CT molecular complexity index is 1430. The molecular weight excluding hydrogens is 502 g/mol. The Kier molecular flexibility index (Phi) is 6.24. The normalized spacial score (nSPS) is 26.6. The molecule has 0 radical (unpaired) electrons. The summed E-state index contributed by atoms with van der Waals surface area (Å²) in [6.45, 7) is 1.99. The summed E-state index contributed by atoms with van der Waals surface area (Å²) in [6.07, 6.45) is 4.12. The van der Waals surface area contributed by atoms with Crippen molar-refractivity contribution in [2.75, 3.05) is 13.2 Å². The third-order valence-electron chi connectivity index (χ3n) is 8.12. The van der Waals surface area contributed by atoms with Gasteiger partial charge in [0.1, 0.15) is 12.4 Å². The second-order valence-corrected chi connectivity index (χ2v) is 11.2. The number of benzene rings is 1. The van der Waals surface area contributed by atoms with Crippen LogP contribution in [0.5, 0.6) is 5.75 Å². The van der Waals surface area contributed by atoms with Crippen molar-refractivity contribution >= 4 is 34.7 Å². The predicted octanol–water partition coefficient (Wildman–Crippen LogP) is 3.75. The highest BCUT2D eigenvalue weighted by atomic mass is 32.1. The van der Waals surface area contributed by atoms with Crippen LogP contribution in [0.25, 0.3) is 0 Å². The van der Waals surface area contributed by atoms with E-state index in [9.17, 15) is 19.2 Å². The minimum atomic E-state index is -0.555. The predicted molar refractivity (Wildman–Crippen MR) is 140 cm³/mol. The topological polar surface area (TPSA) is 101 Å². The van der Waals surface area contributed by atoms with Gasteiger partial charge in [-0.25, -0.2) is 0 Å². The Labute approximate surface area is 224 Å². The number of Topliss-reactive ketones (excluding diaryl/α,β-unsaturated/α-hetero) is 1. The largest absolute Gasteiger partial charge is 0.491 e. The van der Waals surface area contributed by atoms with Gasteiger partial charge in [-0.3, -0.25) is 24.1 Å². The summed E-state index contributed by atoms with van der Waals surface area (Å²) in [7, 11) is 0. The van der Waals surface area contributed by atoms with E-state index in [-0.39, 0.29) is 55.5 Å². The molecule has 2 heterocycles. The SMILES string of the molecule is CC1=CC(=O)C2=C(C1=O)C(c1ccc(OCCO)cc1)C1=CCC3C(=O)N(Cc4cccs4)C(=O)C3C1C2. The molecule has 3 aliphatic carbocycles. The van der Waals surface area contributed by atoms with Crippen LogP contribution < -0.4 is 4.74 Å². The lowest BCUT2D eigenvalue weighted by Gasteiger charge is -2.42. The number of ether oxygens (including phenoxy) is 1. The van der Waals surface area contributed by atoms with Crippen molar-refractivity contribution in [3.63, 3.8) is 0 Å². The van der Waals surface area contributed by atoms with Crippen LogP contribution in [0.1, 0.15) is 36.1 Å². The van der Waals surface area contributed by atoms with E-state index in [1.54, 1.807) is 19.1 Å². The maximum absolute atomic E-state index is 13.7. The number of thiophene rings is 1. The number of rotatable bonds is 6. The molecule has 1 saturated heterocycles. The minimum absolute atomic E-state index is 0.101. The number of allylic oxidation sites excluding steroid dienone is 6. The maximum Gasteiger partial charge on any atom is 0.234 e. The van der Waals surface area contributed by atoms with Crippen LogP contribution in [0, 0.1) is 17.8 Å². The Morgan fingerprint density at radius 2 is 1.84 bits per heavy atom. The molecule has 1 aromatic carbocycles. The highest BCUT2D eigenvalue weighted by Gasteiger charge is 2.56. The van der Waals surface area contributed by atoms with Gasteiger partial charge >= 0.3 is 0 Å². The highest BCUT2D eigenvalue weighted by Crippen LogP contribution is 2.55. The summed E-state index contributed by atoms with van der Waals surface area (Å²) < 4.78 is 5.51. The summed E-state index contributed by atoms with van der Waals surface area (Å²) in [5.41, 5.74) is 3.09. The molecule has 8 heteroatoms. The van der Waals surface area contributed by atoms with Crippen LogP contribution >= 0.6 is 11.3 Å². The van der Waals surface area contributed by atoms with Crippen LogP contribution in [-0.4, -0.2) is 46.6 Å². The van der Waals surface area contributed by atoms with Gasteiger partial charge in [0.2, 0.25) is 11.8 Å². The molecule has 0 bridgehead atoms. The van der Waals surface area contributed by atoms with Gasteiger partial charge in [-0.1, -0.05) is 29.8 Å². The lowest BCUT2D eigenvalue weighted by molar-refractivity contribution is -0.140. The highest BCUT2D eigenvalue weighted by molar-refractivity contribution is 7.09. The van der Waals surface area contributed by atoms with Gasteiger partial charge in [-0.05, 0) is 60.9 Å². The Balaban J connectivity index is 1.41. The number of hydrogen-bond donors (Lipinski definition) is 1. The Hall–Kier alpha value is -3.62. The second-order valence-electron chi connectivity index (χ2n) is 10.2. The van der Waals surface area contributed by atoms with E-state index in [1.165, 1.54) is 22.3 Å². The average Bonchev–Trinajstić information content (AvgIpc) is 3.52. The molecule has 1 N–H and O–H groups in total. The number of nitrogens with zero attached hydrogens (tertiary/aromatic N) is 1. The van der Waals surface area contributed by atoms with E-state index in [0.717, 1.165) is 16.0 Å². The first-order valence-electron chi connectivity index (χ1n) is 12.8. The Morgan fingerprint density at radius 1 is 1.05 bits per heavy atom. The lowest BCUT2D eigenvalue weighted by Crippen LogP contribution is -2.39. The number of amides is 2. The lowest BCUT2D eigenvalue weighted by atomic mass is 9.59. The van der Waals surface area contributed by atoms with Crippen LogP contribution in [0.2, 0.25) is 0 Å². The van der Waals surface area contributed by atoms with Crippen LogP contribution in [-0.2, 0) is 25.7 Å². The van der Waals surface area contributed by atoms with E-state index in [4.69, 9.17) is 9.84 Å². The summed E-state index contributed by atoms with van der Waals surface area (Å²) in [6, 6.07) is 11.1. The monoisotopic (exact) mass is 529 g/mol. The van der Waals surface area contributed by atoms with Gasteiger partial charge in [0.25, 0.3) is 0 Å². The molecule has 1 aromatic heterocycles. The molecule has 0 saturated carbocycles. The van der Waals surface area contributed by atoms with E-state index in [0.29, 0.717) is 28.9 Å². The van der Waals surface area contributed by atoms with Crippen molar-refractivity contribution in [2.24, 2.45) is 17.8 Å². The molecule has 4 atom stereocenters. The zero-order valence-electron chi connectivity index (χ0n) is 20.9. The molecule has 2 aromatic rings. The number of likely N-dealkylation sites (tertiary alicyclic amines) is 1. The van der Waals surface area contributed by atoms with Crippen molar-refractivity contribution in [1.29, 1.82) is 0 Å². The standard InChI is InChI=1S/C30H27NO6S/c1-16-13-24(33)23-14-22-20(25(27(23)28(16)34)17-4-6-18(7-5-17)37-11-10-32)8-9-21-26(22)30(36)31(29(21)35)15-19-3-2-12-38-19/h2-8,12-13,21-22,25-26,32H,9-11,14-15H2,1H3. The first-order chi connectivity index (χ1) is 18.4. The van der Waals surface area contributed by atoms with Gasteiger partial charge in [0.05, 0.1) is 25.0 Å². The molecule has 0 spiro atoms. The average molecular weight is 530 g/mol. The van der Waals surface area contributed by atoms with Crippen LogP contribution in [0.3, 0.4) is 0 Å². The maximum atomic E-state index is 13.7. The fourth-order valence-corrected chi connectivity index (χ4v) is 7.13. The zero-order valence-corrected chi connectivity index (χ0v) is 21.7. The summed E-state index contributed by atoms with van der Waals surface area (Å²) in [4.78, 5) is 56.1. The van der Waals surface area contributed by atoms with Gasteiger partial charge < -0.3 is 9.84 Å². The summed E-state index contributed by atoms with van der Waals surface area (Å²) in [5, 5.41) is 11.0. The van der Waals surface area contributed by atoms with Crippen molar-refractivity contribution < 1.29 is 29.0 Å². The fraction of sp³-hybridized carbons (Fsp3) is 0.333. The second kappa shape index (κ2) is 9.60. The van der Waals surface area contributed by atoms with Gasteiger partial charge in [-0.15, -0.1) is 11.3 Å². The number of aliphatic hydroxyl groups excluding tert-OH is 1. The smallest absolute Gasteiger partial charge is 0.234 e. The van der Waals surface area contributed by atoms with E-state index in [1.807, 2.05) is 35.7 Å². The van der Waals surface area contributed by atoms with E-state index < -0.39 is 17.8 Å². The molecular formula is C30H27NO6S. The number of fused-ring (bicyclic) bond motifs is 3. The fourth-order valence-electron chi connectivity index (χ4n) is 6.44. The van der Waals surface area contributed by atoms with Gasteiger partial charge in [-0.2, -0.15) is 0 Å². The quantitative estimate of drug-likeness (QED) is 0.348. The Morgan fingerprint density at radius 3 is 2.55 bits per heavy atom. The molecule has 7 nitrogen and oxygen atoms in total. The molecule has 6 rings (SSSR count). The molecule has 38 heavy (non-hydrogen) atoms. The molecule has 1 aliphatic heterocycles. The van der Waals surface area contributed by atoms with Gasteiger partial charge in [0.15, 0.2) is 11.6 Å². The molecule has 4 aliphatic rings.